The van der Waals surface area contributed by atoms with Crippen LogP contribution in [0.5, 0.6) is 5.75 Å². The van der Waals surface area contributed by atoms with Crippen LogP contribution in [0.1, 0.15) is 12.8 Å². The molecule has 0 saturated heterocycles. The van der Waals surface area contributed by atoms with Gasteiger partial charge in [0, 0.05) is 14.6 Å². The number of hydrogen-bond donors (Lipinski definition) is 1. The summed E-state index contributed by atoms with van der Waals surface area (Å²) < 4.78 is 5.30. The molecule has 0 radical (unpaired) electrons. The Morgan fingerprint density at radius 3 is 2.47 bits per heavy atom. The normalized spacial score (nSPS) is 11.3. The van der Waals surface area contributed by atoms with E-state index < -0.39 is 8.07 Å². The molecule has 0 aromatic heterocycles. The van der Waals surface area contributed by atoms with Gasteiger partial charge in [0.25, 0.3) is 0 Å². The molecule has 0 amide bonds. The Kier molecular flexibility index (Phi) is 5.55. The van der Waals surface area contributed by atoms with E-state index in [9.17, 15) is 0 Å². The minimum absolute atomic E-state index is 0.857. The first-order valence-electron chi connectivity index (χ1n) is 6.40. The molecular formula is C14H25NOSi. The average molecular weight is 251 g/mol. The fourth-order valence-electron chi connectivity index (χ4n) is 1.79. The number of para-hydroxylation sites is 2. The van der Waals surface area contributed by atoms with Crippen LogP contribution in [0.4, 0.5) is 5.69 Å². The predicted molar refractivity (Wildman–Crippen MR) is 78.9 cm³/mol. The summed E-state index contributed by atoms with van der Waals surface area (Å²) in [6.07, 6.45) is 2.57. The highest BCUT2D eigenvalue weighted by Crippen LogP contribution is 2.23. The number of unbranched alkanes of at least 4 members (excludes halogenated alkanes) is 1. The summed E-state index contributed by atoms with van der Waals surface area (Å²) in [6, 6.07) is 9.50. The molecule has 0 saturated carbocycles. The van der Waals surface area contributed by atoms with Gasteiger partial charge in [-0.2, -0.15) is 0 Å². The minimum Gasteiger partial charge on any atom is -0.495 e. The molecular weight excluding hydrogens is 226 g/mol. The molecule has 96 valence electrons. The van der Waals surface area contributed by atoms with Crippen molar-refractivity contribution >= 4 is 13.8 Å². The fourth-order valence-corrected chi connectivity index (χ4v) is 3.10. The van der Waals surface area contributed by atoms with Gasteiger partial charge in [0.1, 0.15) is 5.75 Å². The van der Waals surface area contributed by atoms with Crippen molar-refractivity contribution in [2.45, 2.75) is 38.5 Å². The maximum atomic E-state index is 5.30. The third kappa shape index (κ3) is 5.77. The van der Waals surface area contributed by atoms with Gasteiger partial charge >= 0.3 is 0 Å². The van der Waals surface area contributed by atoms with Crippen molar-refractivity contribution in [2.24, 2.45) is 0 Å². The van der Waals surface area contributed by atoms with Crippen LogP contribution in [0.2, 0.25) is 25.7 Å². The molecule has 17 heavy (non-hydrogen) atoms. The summed E-state index contributed by atoms with van der Waals surface area (Å²) in [5.41, 5.74) is 1.10. The van der Waals surface area contributed by atoms with Gasteiger partial charge < -0.3 is 10.1 Å². The largest absolute Gasteiger partial charge is 0.495 e. The summed E-state index contributed by atoms with van der Waals surface area (Å²) in [5.74, 6) is 0.928. The van der Waals surface area contributed by atoms with Gasteiger partial charge in [-0.1, -0.05) is 44.2 Å². The summed E-state index contributed by atoms with van der Waals surface area (Å²) in [4.78, 5) is 0. The molecule has 0 aliphatic carbocycles. The van der Waals surface area contributed by atoms with Crippen molar-refractivity contribution in [3.05, 3.63) is 24.3 Å². The third-order valence-electron chi connectivity index (χ3n) is 2.78. The molecule has 0 fully saturated rings. The highest BCUT2D eigenvalue weighted by molar-refractivity contribution is 6.76. The monoisotopic (exact) mass is 251 g/mol. The van der Waals surface area contributed by atoms with Gasteiger partial charge in [0.15, 0.2) is 0 Å². The quantitative estimate of drug-likeness (QED) is 0.578. The second-order valence-electron chi connectivity index (χ2n) is 5.64. The molecule has 0 unspecified atom stereocenters. The Balaban J connectivity index is 2.27. The number of methoxy groups -OCH3 is 1. The van der Waals surface area contributed by atoms with E-state index in [4.69, 9.17) is 4.74 Å². The number of benzene rings is 1. The SMILES string of the molecule is COc1ccccc1NCCCC[Si](C)(C)C. The maximum Gasteiger partial charge on any atom is 0.141 e. The van der Waals surface area contributed by atoms with Crippen molar-refractivity contribution in [1.29, 1.82) is 0 Å². The van der Waals surface area contributed by atoms with Gasteiger partial charge in [0.05, 0.1) is 12.8 Å². The van der Waals surface area contributed by atoms with Crippen LogP contribution in [-0.4, -0.2) is 21.7 Å². The number of ether oxygens (including phenoxy) is 1. The average Bonchev–Trinajstić information content (AvgIpc) is 2.27. The van der Waals surface area contributed by atoms with E-state index in [1.54, 1.807) is 7.11 Å². The molecule has 0 atom stereocenters. The van der Waals surface area contributed by atoms with E-state index in [1.165, 1.54) is 18.9 Å². The lowest BCUT2D eigenvalue weighted by Crippen LogP contribution is -2.19. The molecule has 0 bridgehead atoms. The molecule has 1 aromatic rings. The van der Waals surface area contributed by atoms with Crippen molar-refractivity contribution in [3.8, 4) is 5.75 Å². The summed E-state index contributed by atoms with van der Waals surface area (Å²) in [6.45, 7) is 8.33. The van der Waals surface area contributed by atoms with E-state index in [2.05, 4.69) is 31.0 Å². The second-order valence-corrected chi connectivity index (χ2v) is 11.3. The van der Waals surface area contributed by atoms with Crippen LogP contribution >= 0.6 is 0 Å². The van der Waals surface area contributed by atoms with E-state index in [0.717, 1.165) is 18.0 Å². The zero-order valence-corrected chi connectivity index (χ0v) is 12.5. The Hall–Kier alpha value is -0.963. The predicted octanol–water partition coefficient (Wildman–Crippen LogP) is 4.23. The molecule has 1 N–H and O–H groups in total. The second kappa shape index (κ2) is 6.69. The zero-order valence-electron chi connectivity index (χ0n) is 11.5. The number of anilines is 1. The Labute approximate surface area is 106 Å². The molecule has 0 aliphatic heterocycles. The van der Waals surface area contributed by atoms with E-state index in [1.807, 2.05) is 18.2 Å². The topological polar surface area (TPSA) is 21.3 Å². The van der Waals surface area contributed by atoms with Crippen LogP contribution in [0, 0.1) is 0 Å². The van der Waals surface area contributed by atoms with E-state index in [-0.39, 0.29) is 0 Å². The van der Waals surface area contributed by atoms with Gasteiger partial charge in [-0.25, -0.2) is 0 Å². The van der Waals surface area contributed by atoms with E-state index in [0.29, 0.717) is 0 Å². The highest BCUT2D eigenvalue weighted by atomic mass is 28.3. The first-order chi connectivity index (χ1) is 8.03. The fraction of sp³-hybridized carbons (Fsp3) is 0.571. The molecule has 0 aliphatic rings. The molecule has 3 heteroatoms. The van der Waals surface area contributed by atoms with Crippen molar-refractivity contribution in [1.82, 2.24) is 0 Å². The molecule has 2 nitrogen and oxygen atoms in total. The molecule has 1 aromatic carbocycles. The van der Waals surface area contributed by atoms with Crippen LogP contribution in [0.3, 0.4) is 0 Å². The Morgan fingerprint density at radius 2 is 1.82 bits per heavy atom. The number of hydrogen-bond acceptors (Lipinski definition) is 2. The Bertz CT molecular complexity index is 333. The standard InChI is InChI=1S/C14H25NOSi/c1-16-14-10-6-5-9-13(14)15-11-7-8-12-17(2,3)4/h5-6,9-10,15H,7-8,11-12H2,1-4H3. The first kappa shape index (κ1) is 14.1. The maximum absolute atomic E-state index is 5.30. The van der Waals surface area contributed by atoms with Crippen molar-refractivity contribution < 1.29 is 4.74 Å². The van der Waals surface area contributed by atoms with Crippen LogP contribution in [0.15, 0.2) is 24.3 Å². The molecule has 0 heterocycles. The first-order valence-corrected chi connectivity index (χ1v) is 10.1. The van der Waals surface area contributed by atoms with Crippen molar-refractivity contribution in [2.75, 3.05) is 19.0 Å². The lowest BCUT2D eigenvalue weighted by Gasteiger charge is -2.15. The third-order valence-corrected chi connectivity index (χ3v) is 4.63. The van der Waals surface area contributed by atoms with E-state index >= 15 is 0 Å². The summed E-state index contributed by atoms with van der Waals surface area (Å²) >= 11 is 0. The molecule has 1 rings (SSSR count). The van der Waals surface area contributed by atoms with Crippen molar-refractivity contribution in [3.63, 3.8) is 0 Å². The Morgan fingerprint density at radius 1 is 1.12 bits per heavy atom. The number of rotatable bonds is 7. The van der Waals surface area contributed by atoms with Gasteiger partial charge in [-0.05, 0) is 18.6 Å². The smallest absolute Gasteiger partial charge is 0.141 e. The van der Waals surface area contributed by atoms with Crippen LogP contribution in [-0.2, 0) is 0 Å². The van der Waals surface area contributed by atoms with Crippen LogP contribution in [0.25, 0.3) is 0 Å². The van der Waals surface area contributed by atoms with Gasteiger partial charge in [-0.15, -0.1) is 0 Å². The van der Waals surface area contributed by atoms with Gasteiger partial charge in [-0.3, -0.25) is 0 Å². The summed E-state index contributed by atoms with van der Waals surface area (Å²) in [5, 5.41) is 3.44. The lowest BCUT2D eigenvalue weighted by atomic mass is 10.2. The highest BCUT2D eigenvalue weighted by Gasteiger charge is 2.11. The zero-order chi connectivity index (χ0) is 12.7. The number of nitrogens with one attached hydrogen (secondary N) is 1. The summed E-state index contributed by atoms with van der Waals surface area (Å²) in [7, 11) is 0.857. The lowest BCUT2D eigenvalue weighted by molar-refractivity contribution is 0.416. The van der Waals surface area contributed by atoms with Crippen LogP contribution < -0.4 is 10.1 Å². The van der Waals surface area contributed by atoms with Gasteiger partial charge in [0.2, 0.25) is 0 Å². The minimum atomic E-state index is -0.857. The molecule has 0 spiro atoms.